The molecular formula is C11H19NO3. The Morgan fingerprint density at radius 3 is 2.13 bits per heavy atom. The van der Waals surface area contributed by atoms with Crippen molar-refractivity contribution in [3.63, 3.8) is 0 Å². The van der Waals surface area contributed by atoms with E-state index in [-0.39, 0.29) is 11.8 Å². The van der Waals surface area contributed by atoms with Crippen molar-refractivity contribution in [2.45, 2.75) is 51.5 Å². The molecule has 0 spiro atoms. The van der Waals surface area contributed by atoms with E-state index in [1.165, 1.54) is 0 Å². The highest BCUT2D eigenvalue weighted by molar-refractivity contribution is 5.88. The molecule has 0 bridgehead atoms. The molecule has 0 radical (unpaired) electrons. The molecule has 1 amide bonds. The quantitative estimate of drug-likeness (QED) is 0.728. The van der Waals surface area contributed by atoms with E-state index >= 15 is 0 Å². The largest absolute Gasteiger partial charge is 0.480 e. The first-order chi connectivity index (χ1) is 7.05. The standard InChI is InChI=1S/C11H19NO3/c1-3-8(4-2)9(13)12-11(10(14)15)6-5-7-11/h8H,3-7H2,1-2H3,(H,12,13)(H,14,15). The predicted molar refractivity (Wildman–Crippen MR) is 56.4 cm³/mol. The Bertz CT molecular complexity index is 255. The Kier molecular flexibility index (Phi) is 3.72. The van der Waals surface area contributed by atoms with Crippen LogP contribution in [0.4, 0.5) is 0 Å². The molecule has 86 valence electrons. The SMILES string of the molecule is CCC(CC)C(=O)NC1(C(=O)O)CCC1. The summed E-state index contributed by atoms with van der Waals surface area (Å²) in [4.78, 5) is 22.8. The number of carbonyl (C=O) groups excluding carboxylic acids is 1. The number of amides is 1. The van der Waals surface area contributed by atoms with Crippen LogP contribution in [0.25, 0.3) is 0 Å². The Hall–Kier alpha value is -1.06. The fourth-order valence-corrected chi connectivity index (χ4v) is 1.92. The first-order valence-corrected chi connectivity index (χ1v) is 5.61. The summed E-state index contributed by atoms with van der Waals surface area (Å²) in [5, 5.41) is 11.7. The van der Waals surface area contributed by atoms with Crippen molar-refractivity contribution in [3.8, 4) is 0 Å². The Labute approximate surface area is 90.0 Å². The first-order valence-electron chi connectivity index (χ1n) is 5.61. The molecule has 0 aromatic rings. The van der Waals surface area contributed by atoms with Crippen LogP contribution in [0.5, 0.6) is 0 Å². The van der Waals surface area contributed by atoms with Crippen LogP contribution in [-0.2, 0) is 9.59 Å². The molecule has 0 aliphatic heterocycles. The van der Waals surface area contributed by atoms with Crippen molar-refractivity contribution >= 4 is 11.9 Å². The molecule has 1 aliphatic carbocycles. The summed E-state index contributed by atoms with van der Waals surface area (Å²) in [7, 11) is 0. The molecule has 15 heavy (non-hydrogen) atoms. The lowest BCUT2D eigenvalue weighted by Crippen LogP contribution is -2.60. The average Bonchev–Trinajstić information content (AvgIpc) is 2.12. The van der Waals surface area contributed by atoms with Crippen molar-refractivity contribution in [1.29, 1.82) is 0 Å². The third-order valence-corrected chi connectivity index (χ3v) is 3.34. The van der Waals surface area contributed by atoms with Crippen LogP contribution >= 0.6 is 0 Å². The number of hydrogen-bond acceptors (Lipinski definition) is 2. The first kappa shape index (κ1) is 12.0. The lowest BCUT2D eigenvalue weighted by atomic mass is 9.76. The lowest BCUT2D eigenvalue weighted by molar-refractivity contribution is -0.152. The number of aliphatic carboxylic acids is 1. The van der Waals surface area contributed by atoms with Crippen LogP contribution < -0.4 is 5.32 Å². The third-order valence-electron chi connectivity index (χ3n) is 3.34. The minimum Gasteiger partial charge on any atom is -0.480 e. The molecule has 0 unspecified atom stereocenters. The van der Waals surface area contributed by atoms with Gasteiger partial charge in [-0.3, -0.25) is 4.79 Å². The van der Waals surface area contributed by atoms with Crippen molar-refractivity contribution in [3.05, 3.63) is 0 Å². The second-order valence-corrected chi connectivity index (χ2v) is 4.24. The van der Waals surface area contributed by atoms with E-state index in [2.05, 4.69) is 5.32 Å². The molecule has 0 aromatic heterocycles. The summed E-state index contributed by atoms with van der Waals surface area (Å²) in [5.74, 6) is -1.06. The van der Waals surface area contributed by atoms with Gasteiger partial charge in [-0.2, -0.15) is 0 Å². The van der Waals surface area contributed by atoms with Crippen molar-refractivity contribution in [2.24, 2.45) is 5.92 Å². The molecule has 0 heterocycles. The van der Waals surface area contributed by atoms with E-state index in [4.69, 9.17) is 5.11 Å². The van der Waals surface area contributed by atoms with Crippen molar-refractivity contribution < 1.29 is 14.7 Å². The highest BCUT2D eigenvalue weighted by Crippen LogP contribution is 2.32. The van der Waals surface area contributed by atoms with Crippen molar-refractivity contribution in [1.82, 2.24) is 5.32 Å². The Balaban J connectivity index is 2.59. The minimum absolute atomic E-state index is 0.0539. The molecule has 2 N–H and O–H groups in total. The molecule has 0 saturated heterocycles. The molecule has 4 heteroatoms. The zero-order chi connectivity index (χ0) is 11.5. The van der Waals surface area contributed by atoms with Crippen LogP contribution in [0.1, 0.15) is 46.0 Å². The molecule has 0 atom stereocenters. The summed E-state index contributed by atoms with van der Waals surface area (Å²) in [6.07, 6.45) is 3.54. The Morgan fingerprint density at radius 2 is 1.87 bits per heavy atom. The van der Waals surface area contributed by atoms with E-state index in [0.29, 0.717) is 12.8 Å². The summed E-state index contributed by atoms with van der Waals surface area (Å²) >= 11 is 0. The van der Waals surface area contributed by atoms with Crippen LogP contribution in [0.2, 0.25) is 0 Å². The highest BCUT2D eigenvalue weighted by Gasteiger charge is 2.46. The zero-order valence-corrected chi connectivity index (χ0v) is 9.38. The highest BCUT2D eigenvalue weighted by atomic mass is 16.4. The maximum Gasteiger partial charge on any atom is 0.329 e. The summed E-state index contributed by atoms with van der Waals surface area (Å²) in [5.41, 5.74) is -0.959. The number of rotatable bonds is 5. The van der Waals surface area contributed by atoms with Gasteiger partial charge in [-0.1, -0.05) is 13.8 Å². The molecule has 1 aliphatic rings. The van der Waals surface area contributed by atoms with E-state index in [0.717, 1.165) is 19.3 Å². The number of nitrogens with one attached hydrogen (secondary N) is 1. The molecule has 1 fully saturated rings. The molecule has 0 aromatic carbocycles. The number of carboxylic acid groups (broad SMARTS) is 1. The van der Waals surface area contributed by atoms with Gasteiger partial charge in [0.05, 0.1) is 0 Å². The number of hydrogen-bond donors (Lipinski definition) is 2. The summed E-state index contributed by atoms with van der Waals surface area (Å²) in [6, 6.07) is 0. The molecule has 4 nitrogen and oxygen atoms in total. The summed E-state index contributed by atoms with van der Waals surface area (Å²) in [6.45, 7) is 3.89. The fraction of sp³-hybridized carbons (Fsp3) is 0.818. The van der Waals surface area contributed by atoms with Gasteiger partial charge in [0.15, 0.2) is 0 Å². The number of carbonyl (C=O) groups is 2. The van der Waals surface area contributed by atoms with Gasteiger partial charge < -0.3 is 10.4 Å². The van der Waals surface area contributed by atoms with Gasteiger partial charge in [0, 0.05) is 5.92 Å². The average molecular weight is 213 g/mol. The van der Waals surface area contributed by atoms with Gasteiger partial charge in [-0.25, -0.2) is 4.79 Å². The van der Waals surface area contributed by atoms with Crippen LogP contribution in [0.3, 0.4) is 0 Å². The topological polar surface area (TPSA) is 66.4 Å². The van der Waals surface area contributed by atoms with Gasteiger partial charge in [-0.05, 0) is 32.1 Å². The number of carboxylic acids is 1. The van der Waals surface area contributed by atoms with E-state index in [1.807, 2.05) is 13.8 Å². The van der Waals surface area contributed by atoms with Gasteiger partial charge in [0.25, 0.3) is 0 Å². The van der Waals surface area contributed by atoms with Gasteiger partial charge in [0.1, 0.15) is 5.54 Å². The van der Waals surface area contributed by atoms with Gasteiger partial charge >= 0.3 is 5.97 Å². The molecule has 1 rings (SSSR count). The second kappa shape index (κ2) is 4.64. The second-order valence-electron chi connectivity index (χ2n) is 4.24. The monoisotopic (exact) mass is 213 g/mol. The molecule has 1 saturated carbocycles. The predicted octanol–water partition coefficient (Wildman–Crippen LogP) is 1.55. The van der Waals surface area contributed by atoms with Gasteiger partial charge in [-0.15, -0.1) is 0 Å². The van der Waals surface area contributed by atoms with Crippen LogP contribution in [-0.4, -0.2) is 22.5 Å². The van der Waals surface area contributed by atoms with Crippen molar-refractivity contribution in [2.75, 3.05) is 0 Å². The fourth-order valence-electron chi connectivity index (χ4n) is 1.92. The minimum atomic E-state index is -0.959. The van der Waals surface area contributed by atoms with E-state index < -0.39 is 11.5 Å². The Morgan fingerprint density at radius 1 is 1.33 bits per heavy atom. The maximum absolute atomic E-state index is 11.7. The zero-order valence-electron chi connectivity index (χ0n) is 9.38. The lowest BCUT2D eigenvalue weighted by Gasteiger charge is -2.39. The van der Waals surface area contributed by atoms with Gasteiger partial charge in [0.2, 0.25) is 5.91 Å². The molecular weight excluding hydrogens is 194 g/mol. The maximum atomic E-state index is 11.7. The normalized spacial score (nSPS) is 18.3. The van der Waals surface area contributed by atoms with Crippen LogP contribution in [0, 0.1) is 5.92 Å². The summed E-state index contributed by atoms with van der Waals surface area (Å²) < 4.78 is 0. The van der Waals surface area contributed by atoms with Crippen LogP contribution in [0.15, 0.2) is 0 Å². The van der Waals surface area contributed by atoms with E-state index in [9.17, 15) is 9.59 Å². The third kappa shape index (κ3) is 2.30. The van der Waals surface area contributed by atoms with E-state index in [1.54, 1.807) is 0 Å². The smallest absolute Gasteiger partial charge is 0.329 e.